The predicted molar refractivity (Wildman–Crippen MR) is 157 cm³/mol. The van der Waals surface area contributed by atoms with Crippen LogP contribution < -0.4 is 21.3 Å². The van der Waals surface area contributed by atoms with Crippen LogP contribution in [0.2, 0.25) is 0 Å². The van der Waals surface area contributed by atoms with Crippen molar-refractivity contribution in [2.45, 2.75) is 75.3 Å². The number of nitrogens with zero attached hydrogens (tertiary/aromatic N) is 3. The first-order valence-corrected chi connectivity index (χ1v) is 15.3. The number of rotatable bonds is 7. The van der Waals surface area contributed by atoms with Crippen molar-refractivity contribution in [1.82, 2.24) is 30.6 Å². The Hall–Kier alpha value is -4.03. The third-order valence-corrected chi connectivity index (χ3v) is 9.97. The van der Waals surface area contributed by atoms with E-state index in [1.54, 1.807) is 25.2 Å². The fourth-order valence-corrected chi connectivity index (χ4v) is 7.79. The number of urea groups is 1. The van der Waals surface area contributed by atoms with Crippen molar-refractivity contribution in [3.63, 3.8) is 0 Å². The van der Waals surface area contributed by atoms with Crippen molar-refractivity contribution in [3.05, 3.63) is 47.3 Å². The standard InChI is InChI=1S/C31H39F2N7O4/c1-34-27(43)30(40-18-29(17-35-28(40)44)15-31(32,33)16-29)13-20-8-9-22(12-21(20)14-30)37-26(42)24(19-6-4-3-5-7-19)38-25(41)23-10-11-36-39(23)2/h8-12,19,24H,3-7,13-18H2,1-2H3,(H,34,43)(H,35,44)(H,37,42)(H,38,41)/t24-,30?/m0/s1. The summed E-state index contributed by atoms with van der Waals surface area (Å²) in [7, 11) is 3.17. The van der Waals surface area contributed by atoms with E-state index in [0.717, 1.165) is 43.2 Å². The van der Waals surface area contributed by atoms with Gasteiger partial charge in [-0.1, -0.05) is 25.3 Å². The van der Waals surface area contributed by atoms with Crippen LogP contribution in [0.3, 0.4) is 0 Å². The highest BCUT2D eigenvalue weighted by Crippen LogP contribution is 2.54. The van der Waals surface area contributed by atoms with Crippen LogP contribution in [0.1, 0.15) is 66.6 Å². The average molecular weight is 612 g/mol. The van der Waals surface area contributed by atoms with Gasteiger partial charge in [0.05, 0.1) is 0 Å². The lowest BCUT2D eigenvalue weighted by Gasteiger charge is -2.55. The molecule has 1 aromatic heterocycles. The Bertz CT molecular complexity index is 1480. The van der Waals surface area contributed by atoms with E-state index >= 15 is 0 Å². The van der Waals surface area contributed by atoms with Gasteiger partial charge in [0.25, 0.3) is 5.91 Å². The number of amides is 5. The predicted octanol–water partition coefficient (Wildman–Crippen LogP) is 2.76. The van der Waals surface area contributed by atoms with Gasteiger partial charge < -0.3 is 26.2 Å². The van der Waals surface area contributed by atoms with Gasteiger partial charge in [0.15, 0.2) is 0 Å². The van der Waals surface area contributed by atoms with Crippen molar-refractivity contribution in [2.24, 2.45) is 18.4 Å². The Labute approximate surface area is 254 Å². The monoisotopic (exact) mass is 611 g/mol. The fourth-order valence-electron chi connectivity index (χ4n) is 7.79. The molecule has 13 heteroatoms. The topological polar surface area (TPSA) is 137 Å². The van der Waals surface area contributed by atoms with Gasteiger partial charge in [0.2, 0.25) is 17.7 Å². The number of hydrogen-bond donors (Lipinski definition) is 4. The summed E-state index contributed by atoms with van der Waals surface area (Å²) in [6.45, 7) is 0.225. The molecule has 3 aliphatic carbocycles. The molecular weight excluding hydrogens is 572 g/mol. The largest absolute Gasteiger partial charge is 0.357 e. The Morgan fingerprint density at radius 3 is 2.45 bits per heavy atom. The Balaban J connectivity index is 1.22. The smallest absolute Gasteiger partial charge is 0.318 e. The molecule has 2 aromatic rings. The molecule has 1 saturated heterocycles. The molecule has 44 heavy (non-hydrogen) atoms. The van der Waals surface area contributed by atoms with Gasteiger partial charge >= 0.3 is 6.03 Å². The molecule has 1 spiro atoms. The van der Waals surface area contributed by atoms with Crippen LogP contribution in [0.4, 0.5) is 19.3 Å². The molecule has 1 aliphatic heterocycles. The lowest BCUT2D eigenvalue weighted by atomic mass is 9.64. The second-order valence-electron chi connectivity index (χ2n) is 13.1. The number of nitrogens with one attached hydrogen (secondary N) is 4. The highest BCUT2D eigenvalue weighted by Gasteiger charge is 2.62. The van der Waals surface area contributed by atoms with Crippen LogP contribution in [0.15, 0.2) is 30.5 Å². The number of halogens is 2. The maximum absolute atomic E-state index is 13.9. The van der Waals surface area contributed by atoms with E-state index in [1.165, 1.54) is 22.8 Å². The summed E-state index contributed by atoms with van der Waals surface area (Å²) >= 11 is 0. The van der Waals surface area contributed by atoms with E-state index in [4.69, 9.17) is 0 Å². The minimum Gasteiger partial charge on any atom is -0.357 e. The van der Waals surface area contributed by atoms with Crippen LogP contribution >= 0.6 is 0 Å². The van der Waals surface area contributed by atoms with Crippen LogP contribution in [-0.2, 0) is 29.5 Å². The van der Waals surface area contributed by atoms with E-state index in [0.29, 0.717) is 11.4 Å². The van der Waals surface area contributed by atoms with Crippen LogP contribution in [0.5, 0.6) is 0 Å². The minimum atomic E-state index is -2.77. The van der Waals surface area contributed by atoms with E-state index < -0.39 is 28.9 Å². The Morgan fingerprint density at radius 2 is 1.80 bits per heavy atom. The molecule has 1 unspecified atom stereocenters. The zero-order chi connectivity index (χ0) is 31.3. The van der Waals surface area contributed by atoms with Gasteiger partial charge in [-0.05, 0) is 48.1 Å². The van der Waals surface area contributed by atoms with Crippen molar-refractivity contribution < 1.29 is 28.0 Å². The average Bonchev–Trinajstić information content (AvgIpc) is 3.60. The SMILES string of the molecule is CNC(=O)C1(N2CC3(CNC2=O)CC(F)(F)C3)Cc2ccc(NC(=O)[C@@H](NC(=O)c3ccnn3C)C3CCCCC3)cc2C1. The molecule has 4 N–H and O–H groups in total. The zero-order valence-electron chi connectivity index (χ0n) is 25.1. The molecule has 2 saturated carbocycles. The number of benzene rings is 1. The lowest BCUT2D eigenvalue weighted by molar-refractivity contribution is -0.175. The van der Waals surface area contributed by atoms with Crippen molar-refractivity contribution >= 4 is 29.4 Å². The molecule has 3 fully saturated rings. The second-order valence-corrected chi connectivity index (χ2v) is 13.1. The normalized spacial score (nSPS) is 24.5. The van der Waals surface area contributed by atoms with Crippen LogP contribution in [-0.4, -0.2) is 76.1 Å². The number of likely N-dealkylation sites (N-methyl/N-ethyl adjacent to an activating group) is 1. The molecule has 236 valence electrons. The number of carbonyl (C=O) groups is 4. The number of alkyl halides is 2. The van der Waals surface area contributed by atoms with Crippen molar-refractivity contribution in [1.29, 1.82) is 0 Å². The third-order valence-electron chi connectivity index (χ3n) is 9.97. The maximum Gasteiger partial charge on any atom is 0.318 e. The first-order chi connectivity index (χ1) is 20.9. The third kappa shape index (κ3) is 5.41. The summed E-state index contributed by atoms with van der Waals surface area (Å²) in [6.07, 6.45) is 5.99. The van der Waals surface area contributed by atoms with E-state index in [1.807, 2.05) is 6.07 Å². The molecule has 5 amide bonds. The summed E-state index contributed by atoms with van der Waals surface area (Å²) in [5.41, 5.74) is 0.424. The van der Waals surface area contributed by atoms with E-state index in [9.17, 15) is 28.0 Å². The summed E-state index contributed by atoms with van der Waals surface area (Å²) < 4.78 is 29.3. The zero-order valence-corrected chi connectivity index (χ0v) is 25.1. The molecular formula is C31H39F2N7O4. The summed E-state index contributed by atoms with van der Waals surface area (Å²) in [4.78, 5) is 54.8. The quantitative estimate of drug-likeness (QED) is 0.382. The number of anilines is 1. The van der Waals surface area contributed by atoms with E-state index in [2.05, 4.69) is 26.4 Å². The van der Waals surface area contributed by atoms with Crippen LogP contribution in [0, 0.1) is 11.3 Å². The summed E-state index contributed by atoms with van der Waals surface area (Å²) in [6, 6.07) is 5.79. The number of aromatic nitrogens is 2. The fraction of sp³-hybridized carbons (Fsp3) is 0.581. The number of hydrogen-bond acceptors (Lipinski definition) is 5. The summed E-state index contributed by atoms with van der Waals surface area (Å²) in [5, 5.41) is 15.4. The van der Waals surface area contributed by atoms with Gasteiger partial charge in [-0.15, -0.1) is 0 Å². The van der Waals surface area contributed by atoms with E-state index in [-0.39, 0.29) is 62.4 Å². The number of carbonyl (C=O) groups excluding carboxylic acids is 4. The molecule has 0 bridgehead atoms. The molecule has 4 aliphatic rings. The Kier molecular flexibility index (Phi) is 7.61. The van der Waals surface area contributed by atoms with Gasteiger partial charge in [-0.25, -0.2) is 13.6 Å². The lowest BCUT2D eigenvalue weighted by Crippen LogP contribution is -2.71. The van der Waals surface area contributed by atoms with Crippen molar-refractivity contribution in [2.75, 3.05) is 25.5 Å². The highest BCUT2D eigenvalue weighted by molar-refractivity contribution is 6.01. The molecule has 2 heterocycles. The molecule has 0 radical (unpaired) electrons. The Morgan fingerprint density at radius 1 is 1.07 bits per heavy atom. The van der Waals surface area contributed by atoms with Crippen LogP contribution in [0.25, 0.3) is 0 Å². The van der Waals surface area contributed by atoms with Gasteiger partial charge in [-0.2, -0.15) is 5.10 Å². The first kappa shape index (κ1) is 30.0. The van der Waals surface area contributed by atoms with Gasteiger partial charge in [-0.3, -0.25) is 19.1 Å². The molecule has 2 atom stereocenters. The van der Waals surface area contributed by atoms with Gasteiger partial charge in [0.1, 0.15) is 17.3 Å². The number of fused-ring (bicyclic) bond motifs is 1. The van der Waals surface area contributed by atoms with Crippen molar-refractivity contribution in [3.8, 4) is 0 Å². The highest BCUT2D eigenvalue weighted by atomic mass is 19.3. The maximum atomic E-state index is 13.9. The molecule has 6 rings (SSSR count). The second kappa shape index (κ2) is 11.2. The first-order valence-electron chi connectivity index (χ1n) is 15.3. The number of aryl methyl sites for hydroxylation is 1. The summed E-state index contributed by atoms with van der Waals surface area (Å²) in [5.74, 6) is -3.85. The minimum absolute atomic E-state index is 0.0138. The molecule has 1 aromatic carbocycles. The molecule has 11 nitrogen and oxygen atoms in total. The van der Waals surface area contributed by atoms with Gasteiger partial charge in [0, 0.05) is 70.2 Å².